The monoisotopic (exact) mass is 350 g/mol. The number of nitro benzene ring substituents is 1. The number of aromatic nitrogens is 1. The highest BCUT2D eigenvalue weighted by Crippen LogP contribution is 2.35. The maximum absolute atomic E-state index is 11.3. The van der Waals surface area contributed by atoms with Crippen LogP contribution >= 0.6 is 0 Å². The quantitative estimate of drug-likeness (QED) is 0.578. The molecular weight excluding hydrogens is 328 g/mol. The van der Waals surface area contributed by atoms with Gasteiger partial charge in [0.15, 0.2) is 0 Å². The Hall–Kier alpha value is -2.70. The molecule has 0 bridgehead atoms. The number of aromatic amines is 1. The number of hydrogen-bond acceptors (Lipinski definition) is 4. The molecule has 6 heteroatoms. The first-order valence-corrected chi connectivity index (χ1v) is 8.86. The zero-order valence-electron chi connectivity index (χ0n) is 14.8. The fourth-order valence-electron chi connectivity index (χ4n) is 3.80. The second-order valence-corrected chi connectivity index (χ2v) is 6.88. The fourth-order valence-corrected chi connectivity index (χ4v) is 3.80. The molecule has 1 aliphatic heterocycles. The van der Waals surface area contributed by atoms with Gasteiger partial charge in [-0.05, 0) is 24.2 Å². The number of para-hydroxylation sites is 1. The predicted octanol–water partition coefficient (Wildman–Crippen LogP) is 3.41. The van der Waals surface area contributed by atoms with E-state index in [1.165, 1.54) is 10.9 Å². The minimum atomic E-state index is -0.320. The van der Waals surface area contributed by atoms with Crippen molar-refractivity contribution in [1.29, 1.82) is 0 Å². The van der Waals surface area contributed by atoms with Crippen LogP contribution in [0.25, 0.3) is 10.9 Å². The molecule has 1 unspecified atom stereocenters. The van der Waals surface area contributed by atoms with Gasteiger partial charge in [0.05, 0.1) is 11.0 Å². The molecule has 1 N–H and O–H groups in total. The molecule has 26 heavy (non-hydrogen) atoms. The Morgan fingerprint density at radius 2 is 1.85 bits per heavy atom. The van der Waals surface area contributed by atoms with Gasteiger partial charge in [-0.15, -0.1) is 0 Å². The summed E-state index contributed by atoms with van der Waals surface area (Å²) in [5, 5.41) is 12.4. The second-order valence-electron chi connectivity index (χ2n) is 6.88. The molecule has 0 spiro atoms. The van der Waals surface area contributed by atoms with Crippen molar-refractivity contribution in [3.63, 3.8) is 0 Å². The van der Waals surface area contributed by atoms with Gasteiger partial charge in [-0.2, -0.15) is 0 Å². The van der Waals surface area contributed by atoms with Gasteiger partial charge in [-0.1, -0.05) is 30.3 Å². The van der Waals surface area contributed by atoms with E-state index in [4.69, 9.17) is 0 Å². The number of benzene rings is 2. The minimum absolute atomic E-state index is 0.000231. The Bertz CT molecular complexity index is 928. The van der Waals surface area contributed by atoms with Gasteiger partial charge in [0.2, 0.25) is 0 Å². The van der Waals surface area contributed by atoms with Crippen LogP contribution in [0.5, 0.6) is 0 Å². The molecule has 1 saturated heterocycles. The van der Waals surface area contributed by atoms with Gasteiger partial charge in [0.1, 0.15) is 0 Å². The first-order valence-electron chi connectivity index (χ1n) is 8.86. The maximum atomic E-state index is 11.3. The molecule has 6 nitrogen and oxygen atoms in total. The summed E-state index contributed by atoms with van der Waals surface area (Å²) in [6.45, 7) is 3.86. The molecule has 2 heterocycles. The molecular formula is C20H22N4O2. The van der Waals surface area contributed by atoms with Crippen LogP contribution in [0, 0.1) is 10.1 Å². The molecule has 0 aliphatic carbocycles. The van der Waals surface area contributed by atoms with Crippen molar-refractivity contribution in [2.75, 3.05) is 33.2 Å². The van der Waals surface area contributed by atoms with Crippen LogP contribution in [0.1, 0.15) is 17.2 Å². The third-order valence-electron chi connectivity index (χ3n) is 5.22. The Balaban J connectivity index is 1.82. The third-order valence-corrected chi connectivity index (χ3v) is 5.22. The number of rotatable bonds is 4. The highest BCUT2D eigenvalue weighted by atomic mass is 16.6. The summed E-state index contributed by atoms with van der Waals surface area (Å²) in [6.07, 6.45) is 2.05. The van der Waals surface area contributed by atoms with Gasteiger partial charge in [-0.25, -0.2) is 0 Å². The summed E-state index contributed by atoms with van der Waals surface area (Å²) >= 11 is 0. The van der Waals surface area contributed by atoms with Crippen LogP contribution in [-0.2, 0) is 0 Å². The lowest BCUT2D eigenvalue weighted by atomic mass is 9.95. The van der Waals surface area contributed by atoms with Crippen LogP contribution in [0.15, 0.2) is 54.7 Å². The Kier molecular flexibility index (Phi) is 4.44. The van der Waals surface area contributed by atoms with E-state index >= 15 is 0 Å². The van der Waals surface area contributed by atoms with E-state index in [1.807, 2.05) is 24.4 Å². The molecule has 0 saturated carbocycles. The van der Waals surface area contributed by atoms with E-state index in [2.05, 4.69) is 34.0 Å². The Morgan fingerprint density at radius 3 is 2.62 bits per heavy atom. The molecule has 3 aromatic rings. The zero-order chi connectivity index (χ0) is 18.1. The van der Waals surface area contributed by atoms with Crippen LogP contribution in [0.3, 0.4) is 0 Å². The molecule has 2 aromatic carbocycles. The van der Waals surface area contributed by atoms with E-state index in [-0.39, 0.29) is 16.7 Å². The van der Waals surface area contributed by atoms with E-state index in [0.29, 0.717) is 0 Å². The van der Waals surface area contributed by atoms with E-state index in [1.54, 1.807) is 18.2 Å². The zero-order valence-corrected chi connectivity index (χ0v) is 14.8. The number of likely N-dealkylation sites (N-methyl/N-ethyl adjacent to an activating group) is 1. The molecule has 1 atom stereocenters. The molecule has 0 amide bonds. The number of piperazine rings is 1. The molecule has 134 valence electrons. The molecule has 4 rings (SSSR count). The largest absolute Gasteiger partial charge is 0.361 e. The summed E-state index contributed by atoms with van der Waals surface area (Å²) < 4.78 is 0. The van der Waals surface area contributed by atoms with E-state index in [0.717, 1.165) is 37.3 Å². The fraction of sp³-hybridized carbons (Fsp3) is 0.300. The van der Waals surface area contributed by atoms with Gasteiger partial charge in [0.25, 0.3) is 5.69 Å². The number of nitro groups is 1. The van der Waals surface area contributed by atoms with Crippen molar-refractivity contribution in [2.24, 2.45) is 0 Å². The molecule has 1 fully saturated rings. The van der Waals surface area contributed by atoms with E-state index < -0.39 is 0 Å². The van der Waals surface area contributed by atoms with Crippen molar-refractivity contribution in [1.82, 2.24) is 14.8 Å². The van der Waals surface area contributed by atoms with Crippen molar-refractivity contribution in [3.8, 4) is 0 Å². The van der Waals surface area contributed by atoms with Crippen LogP contribution in [0.4, 0.5) is 5.69 Å². The van der Waals surface area contributed by atoms with Crippen molar-refractivity contribution in [2.45, 2.75) is 6.04 Å². The number of H-pyrrole nitrogens is 1. The first-order chi connectivity index (χ1) is 12.6. The van der Waals surface area contributed by atoms with Crippen LogP contribution in [0.2, 0.25) is 0 Å². The highest BCUT2D eigenvalue weighted by molar-refractivity contribution is 5.84. The van der Waals surface area contributed by atoms with E-state index in [9.17, 15) is 10.1 Å². The number of hydrogen-bond donors (Lipinski definition) is 1. The summed E-state index contributed by atoms with van der Waals surface area (Å²) in [6, 6.07) is 15.3. The summed E-state index contributed by atoms with van der Waals surface area (Å²) in [5.74, 6) is 0. The van der Waals surface area contributed by atoms with Crippen molar-refractivity contribution >= 4 is 16.6 Å². The van der Waals surface area contributed by atoms with Crippen LogP contribution in [-0.4, -0.2) is 52.9 Å². The van der Waals surface area contributed by atoms with Crippen molar-refractivity contribution in [3.05, 3.63) is 76.0 Å². The predicted molar refractivity (Wildman–Crippen MR) is 102 cm³/mol. The van der Waals surface area contributed by atoms with Crippen molar-refractivity contribution < 1.29 is 4.92 Å². The highest BCUT2D eigenvalue weighted by Gasteiger charge is 2.28. The third kappa shape index (κ3) is 3.09. The van der Waals surface area contributed by atoms with Crippen LogP contribution < -0.4 is 0 Å². The normalized spacial score (nSPS) is 17.4. The van der Waals surface area contributed by atoms with Gasteiger partial charge in [0, 0.05) is 55.4 Å². The average molecular weight is 350 g/mol. The Labute approximate surface area is 152 Å². The van der Waals surface area contributed by atoms with Gasteiger partial charge in [-0.3, -0.25) is 15.0 Å². The smallest absolute Gasteiger partial charge is 0.269 e. The number of fused-ring (bicyclic) bond motifs is 1. The first kappa shape index (κ1) is 16.8. The second kappa shape index (κ2) is 6.90. The maximum Gasteiger partial charge on any atom is 0.269 e. The lowest BCUT2D eigenvalue weighted by molar-refractivity contribution is -0.384. The summed E-state index contributed by atoms with van der Waals surface area (Å²) in [7, 11) is 2.13. The molecule has 1 aliphatic rings. The molecule has 1 aromatic heterocycles. The number of nitrogens with zero attached hydrogens (tertiary/aromatic N) is 3. The summed E-state index contributed by atoms with van der Waals surface area (Å²) in [4.78, 5) is 19.0. The average Bonchev–Trinajstić information content (AvgIpc) is 3.08. The Morgan fingerprint density at radius 1 is 1.08 bits per heavy atom. The standard InChI is InChI=1S/C20H22N4O2/c1-22-9-11-23(12-10-22)20(15-5-4-6-16(13-15)24(25)26)18-14-21-19-8-3-2-7-17(18)19/h2-8,13-14,20-21H,9-12H2,1H3. The summed E-state index contributed by atoms with van der Waals surface area (Å²) in [5.41, 5.74) is 3.37. The SMILES string of the molecule is CN1CCN(C(c2cccc([N+](=O)[O-])c2)c2c[nH]c3ccccc23)CC1. The topological polar surface area (TPSA) is 65.4 Å². The van der Waals surface area contributed by atoms with Gasteiger partial charge >= 0.3 is 0 Å². The lowest BCUT2D eigenvalue weighted by Crippen LogP contribution is -2.46. The minimum Gasteiger partial charge on any atom is -0.361 e. The molecule has 0 radical (unpaired) electrons. The number of nitrogens with one attached hydrogen (secondary N) is 1. The number of non-ortho nitro benzene ring substituents is 1. The van der Waals surface area contributed by atoms with Gasteiger partial charge < -0.3 is 9.88 Å². The lowest BCUT2D eigenvalue weighted by Gasteiger charge is -2.38.